The Labute approximate surface area is 125 Å². The number of hydrogen-bond acceptors (Lipinski definition) is 8. The summed E-state index contributed by atoms with van der Waals surface area (Å²) in [6, 6.07) is 0. The molecule has 11 heteroatoms. The molecule has 4 N–H and O–H groups in total. The van der Waals surface area contributed by atoms with Crippen LogP contribution >= 0.6 is 20.3 Å². The van der Waals surface area contributed by atoms with Crippen LogP contribution in [0.15, 0.2) is 33.1 Å². The first kappa shape index (κ1) is 23.4. The van der Waals surface area contributed by atoms with Gasteiger partial charge in [0, 0.05) is 0 Å². The molecule has 0 radical (unpaired) electrons. The van der Waals surface area contributed by atoms with Crippen LogP contribution in [0, 0.1) is 9.81 Å². The summed E-state index contributed by atoms with van der Waals surface area (Å²) in [5, 5.41) is 21.4. The van der Waals surface area contributed by atoms with E-state index >= 15 is 0 Å². The van der Waals surface area contributed by atoms with Gasteiger partial charge in [0.1, 0.15) is 11.4 Å². The second-order valence-electron chi connectivity index (χ2n) is 2.87. The minimum atomic E-state index is 0.257. The van der Waals surface area contributed by atoms with Gasteiger partial charge in [0.05, 0.1) is 11.4 Å². The number of rotatable bonds is 4. The van der Waals surface area contributed by atoms with Crippen LogP contribution in [0.2, 0.25) is 0 Å². The van der Waals surface area contributed by atoms with Crippen LogP contribution in [-0.4, -0.2) is 10.4 Å². The maximum atomic E-state index is 9.65. The van der Waals surface area contributed by atoms with Gasteiger partial charge in [0.2, 0.25) is 0 Å². The molecular formula is C8H16Cl2CoN4O4. The quantitative estimate of drug-likeness (QED) is 0.449. The summed E-state index contributed by atoms with van der Waals surface area (Å²) in [7, 11) is 9.47. The Morgan fingerprint density at radius 2 is 1.11 bits per heavy atom. The Kier molecular flexibility index (Phi) is 21.3. The average molecular weight is 362 g/mol. The Hall–Kier alpha value is -0.714. The molecule has 0 atom stereocenters. The molecular weight excluding hydrogens is 346 g/mol. The predicted molar refractivity (Wildman–Crippen MR) is 69.9 cm³/mol. The third kappa shape index (κ3) is 17.3. The fourth-order valence-electron chi connectivity index (χ4n) is 0.299. The van der Waals surface area contributed by atoms with Gasteiger partial charge in [-0.15, -0.1) is 9.81 Å². The molecule has 0 spiro atoms. The molecule has 0 amide bonds. The number of nitrogens with one attached hydrogen (secondary N) is 2. The van der Waals surface area contributed by atoms with Crippen LogP contribution in [0.5, 0.6) is 0 Å². The van der Waals surface area contributed by atoms with Crippen molar-refractivity contribution in [2.45, 2.75) is 27.7 Å². The van der Waals surface area contributed by atoms with E-state index in [0.29, 0.717) is 24.3 Å². The molecule has 0 aliphatic rings. The van der Waals surface area contributed by atoms with Crippen LogP contribution < -0.4 is 11.0 Å². The molecule has 0 aromatic rings. The molecule has 0 fully saturated rings. The van der Waals surface area contributed by atoms with Gasteiger partial charge in [0.25, 0.3) is 0 Å². The second kappa shape index (κ2) is 17.3. The number of nitrogens with zero attached hydrogens (tertiary/aromatic N) is 2. The van der Waals surface area contributed by atoms with Crippen molar-refractivity contribution < 1.29 is 23.3 Å². The van der Waals surface area contributed by atoms with Gasteiger partial charge in [-0.1, -0.05) is 0 Å². The number of allylic oxidation sites excluding steroid dienone is 4. The Bertz CT molecular complexity index is 296. The van der Waals surface area contributed by atoms with Crippen molar-refractivity contribution in [3.63, 3.8) is 0 Å². The predicted octanol–water partition coefficient (Wildman–Crippen LogP) is 3.34. The van der Waals surface area contributed by atoms with E-state index < -0.39 is 0 Å². The first-order valence-electron chi connectivity index (χ1n) is 4.51. The first-order chi connectivity index (χ1) is 8.85. The van der Waals surface area contributed by atoms with Gasteiger partial charge >= 0.3 is 33.2 Å². The molecule has 0 unspecified atom stereocenters. The monoisotopic (exact) mass is 361 g/mol. The van der Waals surface area contributed by atoms with E-state index in [9.17, 15) is 9.81 Å². The molecule has 0 aliphatic carbocycles. The van der Waals surface area contributed by atoms with Crippen molar-refractivity contribution in [3.8, 4) is 0 Å². The van der Waals surface area contributed by atoms with Crippen molar-refractivity contribution in [3.05, 3.63) is 32.6 Å². The summed E-state index contributed by atoms with van der Waals surface area (Å²) in [6.07, 6.45) is 0. The summed E-state index contributed by atoms with van der Waals surface area (Å²) in [4.78, 5) is 19.3. The fraction of sp³-hybridized carbons (Fsp3) is 0.500. The topological polar surface area (TPSA) is 123 Å². The van der Waals surface area contributed by atoms with Gasteiger partial charge in [-0.2, -0.15) is 0 Å². The van der Waals surface area contributed by atoms with Crippen molar-refractivity contribution in [2.24, 2.45) is 10.4 Å². The van der Waals surface area contributed by atoms with E-state index in [4.69, 9.17) is 30.7 Å². The molecule has 0 heterocycles. The zero-order valence-corrected chi connectivity index (χ0v) is 13.2. The van der Waals surface area contributed by atoms with Crippen LogP contribution in [0.4, 0.5) is 0 Å². The first-order valence-corrected chi connectivity index (χ1v) is 7.38. The summed E-state index contributed by atoms with van der Waals surface area (Å²) in [6.45, 7) is 6.12. The van der Waals surface area contributed by atoms with Crippen molar-refractivity contribution >= 4 is 20.3 Å². The Morgan fingerprint density at radius 3 is 1.16 bits per heavy atom. The zero-order valence-electron chi connectivity index (χ0n) is 10.7. The van der Waals surface area contributed by atoms with Crippen LogP contribution in [0.1, 0.15) is 27.7 Å². The standard InChI is InChI=1S/2C4H8N2O2.2ClH.Co/c2*1-3(5-7)4(2)6-8;;;/h2*5,7H,1-2H3;2*1H;/q;;;;+2/p-2/b2*4-3-;;;. The molecule has 8 nitrogen and oxygen atoms in total. The zero-order chi connectivity index (χ0) is 15.8. The minimum absolute atomic E-state index is 0.257. The number of hydrogen-bond donors (Lipinski definition) is 4. The normalized spacial score (nSPS) is 11.6. The van der Waals surface area contributed by atoms with Gasteiger partial charge in [-0.25, -0.2) is 0 Å². The van der Waals surface area contributed by atoms with Gasteiger partial charge in [0.15, 0.2) is 0 Å². The van der Waals surface area contributed by atoms with E-state index in [-0.39, 0.29) is 11.4 Å². The van der Waals surface area contributed by atoms with Crippen LogP contribution in [-0.2, 0) is 12.9 Å². The number of nitroso groups, excluding NO2 is 2. The van der Waals surface area contributed by atoms with Gasteiger partial charge in [-0.05, 0) is 38.0 Å². The average Bonchev–Trinajstić information content (AvgIpc) is 2.45. The fourth-order valence-corrected chi connectivity index (χ4v) is 0.299. The molecule has 0 saturated carbocycles. The van der Waals surface area contributed by atoms with Crippen molar-refractivity contribution in [2.75, 3.05) is 0 Å². The Balaban J connectivity index is -0.000000224. The third-order valence-electron chi connectivity index (χ3n) is 1.69. The molecule has 0 aromatic heterocycles. The third-order valence-corrected chi connectivity index (χ3v) is 1.69. The van der Waals surface area contributed by atoms with Crippen molar-refractivity contribution in [1.29, 1.82) is 0 Å². The molecule has 0 aliphatic heterocycles. The maximum absolute atomic E-state index is 9.65. The number of hydroxylamine groups is 2. The van der Waals surface area contributed by atoms with E-state index in [1.165, 1.54) is 13.8 Å². The summed E-state index contributed by atoms with van der Waals surface area (Å²) >= 11 is 0.382. The van der Waals surface area contributed by atoms with E-state index in [2.05, 4.69) is 10.4 Å². The van der Waals surface area contributed by atoms with Crippen LogP contribution in [0.3, 0.4) is 0 Å². The molecule has 0 rings (SSSR count). The molecule has 115 valence electrons. The summed E-state index contributed by atoms with van der Waals surface area (Å²) in [5.41, 5.74) is 4.87. The second-order valence-corrected chi connectivity index (χ2v) is 4.59. The van der Waals surface area contributed by atoms with Gasteiger partial charge < -0.3 is 0 Å². The summed E-state index contributed by atoms with van der Waals surface area (Å²) < 4.78 is 0. The summed E-state index contributed by atoms with van der Waals surface area (Å²) in [5.74, 6) is 0. The van der Waals surface area contributed by atoms with E-state index in [0.717, 1.165) is 0 Å². The van der Waals surface area contributed by atoms with E-state index in [1.807, 2.05) is 0 Å². The Morgan fingerprint density at radius 1 is 0.895 bits per heavy atom. The number of halogens is 2. The molecule has 0 saturated heterocycles. The van der Waals surface area contributed by atoms with Crippen molar-refractivity contribution in [1.82, 2.24) is 11.0 Å². The van der Waals surface area contributed by atoms with E-state index in [1.54, 1.807) is 24.8 Å². The molecule has 19 heavy (non-hydrogen) atoms. The van der Waals surface area contributed by atoms with Gasteiger partial charge in [-0.3, -0.25) is 21.4 Å². The SMILES string of the molecule is C/C(N=O)=C(\C)NO.C/C(N=O)=C(\C)NO.[Cl][Co][Cl]. The molecule has 0 bridgehead atoms. The molecule has 0 aromatic carbocycles. The van der Waals surface area contributed by atoms with Crippen LogP contribution in [0.25, 0.3) is 0 Å².